The van der Waals surface area contributed by atoms with Crippen molar-refractivity contribution in [3.8, 4) is 0 Å². The van der Waals surface area contributed by atoms with Crippen LogP contribution in [0.4, 0.5) is 0 Å². The minimum atomic E-state index is 0.727. The van der Waals surface area contributed by atoms with Crippen LogP contribution >= 0.6 is 27.5 Å². The zero-order valence-electron chi connectivity index (χ0n) is 10.1. The number of rotatable bonds is 6. The molecule has 0 fully saturated rings. The van der Waals surface area contributed by atoms with Crippen LogP contribution in [0.15, 0.2) is 28.2 Å². The number of ether oxygens (including phenoxy) is 1. The molecule has 0 radical (unpaired) electrons. The van der Waals surface area contributed by atoms with E-state index in [4.69, 9.17) is 16.3 Å². The molecule has 0 saturated heterocycles. The van der Waals surface area contributed by atoms with E-state index in [1.807, 2.05) is 18.2 Å². The lowest BCUT2D eigenvalue weighted by Gasteiger charge is -2.05. The number of hydrogen-bond donors (Lipinski definition) is 1. The van der Waals surface area contributed by atoms with Gasteiger partial charge in [0.1, 0.15) is 0 Å². The Kier molecular flexibility index (Phi) is 6.82. The van der Waals surface area contributed by atoms with Crippen molar-refractivity contribution in [3.63, 3.8) is 0 Å². The quantitative estimate of drug-likeness (QED) is 0.807. The molecule has 2 nitrogen and oxygen atoms in total. The highest BCUT2D eigenvalue weighted by atomic mass is 79.9. The minimum Gasteiger partial charge on any atom is -0.383 e. The van der Waals surface area contributed by atoms with Gasteiger partial charge in [0.05, 0.1) is 6.61 Å². The Morgan fingerprint density at radius 2 is 2.29 bits per heavy atom. The molecular formula is C13H17BrClNO. The third-order valence-corrected chi connectivity index (χ3v) is 3.08. The van der Waals surface area contributed by atoms with E-state index in [1.54, 1.807) is 7.11 Å². The van der Waals surface area contributed by atoms with E-state index in [2.05, 4.69) is 34.2 Å². The summed E-state index contributed by atoms with van der Waals surface area (Å²) in [6.45, 7) is 4.50. The van der Waals surface area contributed by atoms with Crippen LogP contribution in [-0.4, -0.2) is 26.8 Å². The van der Waals surface area contributed by atoms with Crippen molar-refractivity contribution in [2.75, 3.05) is 26.8 Å². The Morgan fingerprint density at radius 1 is 1.53 bits per heavy atom. The summed E-state index contributed by atoms with van der Waals surface area (Å²) in [6, 6.07) is 5.84. The molecule has 1 N–H and O–H groups in total. The van der Waals surface area contributed by atoms with Crippen molar-refractivity contribution >= 4 is 33.6 Å². The first-order valence-electron chi connectivity index (χ1n) is 5.45. The SMILES string of the molecule is COCCNC/C(C)=C/c1cc(Br)ccc1Cl. The number of benzene rings is 1. The van der Waals surface area contributed by atoms with Crippen molar-refractivity contribution < 1.29 is 4.74 Å². The van der Waals surface area contributed by atoms with E-state index in [-0.39, 0.29) is 0 Å². The third kappa shape index (κ3) is 5.68. The second kappa shape index (κ2) is 7.88. The van der Waals surface area contributed by atoms with Crippen molar-refractivity contribution in [1.29, 1.82) is 0 Å². The van der Waals surface area contributed by atoms with Gasteiger partial charge in [-0.15, -0.1) is 0 Å². The lowest BCUT2D eigenvalue weighted by molar-refractivity contribution is 0.200. The van der Waals surface area contributed by atoms with Crippen LogP contribution in [0.3, 0.4) is 0 Å². The van der Waals surface area contributed by atoms with E-state index >= 15 is 0 Å². The second-order valence-corrected chi connectivity index (χ2v) is 5.15. The average molecular weight is 319 g/mol. The number of hydrogen-bond acceptors (Lipinski definition) is 2. The van der Waals surface area contributed by atoms with E-state index in [9.17, 15) is 0 Å². The molecule has 0 aliphatic heterocycles. The zero-order chi connectivity index (χ0) is 12.7. The van der Waals surface area contributed by atoms with Gasteiger partial charge in [-0.2, -0.15) is 0 Å². The first-order valence-corrected chi connectivity index (χ1v) is 6.62. The maximum absolute atomic E-state index is 6.12. The third-order valence-electron chi connectivity index (χ3n) is 2.25. The van der Waals surface area contributed by atoms with Gasteiger partial charge in [0, 0.05) is 29.7 Å². The van der Waals surface area contributed by atoms with Gasteiger partial charge >= 0.3 is 0 Å². The van der Waals surface area contributed by atoms with Gasteiger partial charge in [0.2, 0.25) is 0 Å². The molecule has 0 saturated carbocycles. The standard InChI is InChI=1S/C13H17BrClNO/c1-10(9-16-5-6-17-2)7-11-8-12(14)3-4-13(11)15/h3-4,7-8,16H,5-6,9H2,1-2H3/b10-7+. The summed E-state index contributed by atoms with van der Waals surface area (Å²) in [6.07, 6.45) is 2.09. The van der Waals surface area contributed by atoms with Crippen LogP contribution in [0, 0.1) is 0 Å². The summed E-state index contributed by atoms with van der Waals surface area (Å²) in [5, 5.41) is 4.06. The Hall–Kier alpha value is -0.350. The minimum absolute atomic E-state index is 0.727. The molecule has 0 aliphatic carbocycles. The molecule has 94 valence electrons. The molecule has 0 atom stereocenters. The monoisotopic (exact) mass is 317 g/mol. The van der Waals surface area contributed by atoms with Crippen LogP contribution < -0.4 is 5.32 Å². The van der Waals surface area contributed by atoms with E-state index in [0.29, 0.717) is 0 Å². The second-order valence-electron chi connectivity index (χ2n) is 3.83. The zero-order valence-corrected chi connectivity index (χ0v) is 12.4. The largest absolute Gasteiger partial charge is 0.383 e. The fourth-order valence-electron chi connectivity index (χ4n) is 1.40. The van der Waals surface area contributed by atoms with E-state index < -0.39 is 0 Å². The van der Waals surface area contributed by atoms with Crippen LogP contribution in [0.25, 0.3) is 6.08 Å². The van der Waals surface area contributed by atoms with Crippen LogP contribution in [0.2, 0.25) is 5.02 Å². The molecular weight excluding hydrogens is 302 g/mol. The van der Waals surface area contributed by atoms with E-state index in [1.165, 1.54) is 5.57 Å². The summed E-state index contributed by atoms with van der Waals surface area (Å²) in [4.78, 5) is 0. The van der Waals surface area contributed by atoms with Crippen LogP contribution in [-0.2, 0) is 4.74 Å². The number of nitrogens with one attached hydrogen (secondary N) is 1. The number of halogens is 2. The summed E-state index contributed by atoms with van der Waals surface area (Å²) in [7, 11) is 1.70. The van der Waals surface area contributed by atoms with Gasteiger partial charge in [-0.25, -0.2) is 0 Å². The molecule has 4 heteroatoms. The summed E-state index contributed by atoms with van der Waals surface area (Å²) < 4.78 is 6.00. The molecule has 1 rings (SSSR count). The molecule has 0 aromatic heterocycles. The smallest absolute Gasteiger partial charge is 0.0587 e. The van der Waals surface area contributed by atoms with Gasteiger partial charge in [0.25, 0.3) is 0 Å². The lowest BCUT2D eigenvalue weighted by Crippen LogP contribution is -2.20. The molecule has 1 aromatic carbocycles. The molecule has 0 bridgehead atoms. The van der Waals surface area contributed by atoms with Crippen LogP contribution in [0.1, 0.15) is 12.5 Å². The lowest BCUT2D eigenvalue weighted by atomic mass is 10.1. The van der Waals surface area contributed by atoms with Crippen molar-refractivity contribution in [1.82, 2.24) is 5.32 Å². The predicted molar refractivity (Wildman–Crippen MR) is 77.5 cm³/mol. The molecule has 1 aromatic rings. The Balaban J connectivity index is 2.57. The van der Waals surface area contributed by atoms with Gasteiger partial charge in [-0.05, 0) is 30.7 Å². The Morgan fingerprint density at radius 3 is 3.00 bits per heavy atom. The predicted octanol–water partition coefficient (Wildman–Crippen LogP) is 3.74. The van der Waals surface area contributed by atoms with Gasteiger partial charge in [0.15, 0.2) is 0 Å². The van der Waals surface area contributed by atoms with Gasteiger partial charge in [-0.3, -0.25) is 0 Å². The van der Waals surface area contributed by atoms with Crippen molar-refractivity contribution in [2.45, 2.75) is 6.92 Å². The maximum atomic E-state index is 6.12. The fourth-order valence-corrected chi connectivity index (χ4v) is 1.95. The number of methoxy groups -OCH3 is 1. The van der Waals surface area contributed by atoms with E-state index in [0.717, 1.165) is 34.8 Å². The Bertz CT molecular complexity index is 393. The highest BCUT2D eigenvalue weighted by molar-refractivity contribution is 9.10. The fraction of sp³-hybridized carbons (Fsp3) is 0.385. The first-order chi connectivity index (χ1) is 8.13. The van der Waals surface area contributed by atoms with Gasteiger partial charge < -0.3 is 10.1 Å². The van der Waals surface area contributed by atoms with Crippen molar-refractivity contribution in [2.24, 2.45) is 0 Å². The molecule has 0 aliphatic rings. The average Bonchev–Trinajstić information content (AvgIpc) is 2.29. The van der Waals surface area contributed by atoms with Crippen LogP contribution in [0.5, 0.6) is 0 Å². The molecule has 0 amide bonds. The first kappa shape index (κ1) is 14.7. The highest BCUT2D eigenvalue weighted by Crippen LogP contribution is 2.23. The molecule has 0 spiro atoms. The molecule has 0 unspecified atom stereocenters. The molecule has 17 heavy (non-hydrogen) atoms. The van der Waals surface area contributed by atoms with Crippen molar-refractivity contribution in [3.05, 3.63) is 38.8 Å². The highest BCUT2D eigenvalue weighted by Gasteiger charge is 1.99. The normalized spacial score (nSPS) is 11.9. The molecule has 0 heterocycles. The summed E-state index contributed by atoms with van der Waals surface area (Å²) in [5.41, 5.74) is 2.27. The topological polar surface area (TPSA) is 21.3 Å². The Labute approximate surface area is 116 Å². The maximum Gasteiger partial charge on any atom is 0.0587 e. The summed E-state index contributed by atoms with van der Waals surface area (Å²) >= 11 is 9.56. The van der Waals surface area contributed by atoms with Gasteiger partial charge in [-0.1, -0.05) is 39.2 Å². The summed E-state index contributed by atoms with van der Waals surface area (Å²) in [5.74, 6) is 0.